The van der Waals surface area contributed by atoms with Gasteiger partial charge in [0.25, 0.3) is 0 Å². The zero-order valence-electron chi connectivity index (χ0n) is 65.7. The van der Waals surface area contributed by atoms with Crippen molar-refractivity contribution >= 4 is 39.5 Å². The van der Waals surface area contributed by atoms with Crippen LogP contribution < -0.4 is 0 Å². The van der Waals surface area contributed by atoms with Crippen LogP contribution in [0.4, 0.5) is 0 Å². The molecule has 0 aromatic carbocycles. The van der Waals surface area contributed by atoms with Gasteiger partial charge in [-0.25, -0.2) is 9.13 Å². The van der Waals surface area contributed by atoms with Crippen molar-refractivity contribution in [3.05, 3.63) is 0 Å². The van der Waals surface area contributed by atoms with Gasteiger partial charge in [0.15, 0.2) is 12.2 Å². The highest BCUT2D eigenvalue weighted by Crippen LogP contribution is 2.45. The first-order chi connectivity index (χ1) is 48.3. The van der Waals surface area contributed by atoms with E-state index in [1.165, 1.54) is 231 Å². The Balaban J connectivity index is 5.24. The molecule has 0 aliphatic carbocycles. The van der Waals surface area contributed by atoms with Gasteiger partial charge in [0.2, 0.25) is 0 Å². The van der Waals surface area contributed by atoms with Crippen molar-refractivity contribution in [3.8, 4) is 0 Å². The van der Waals surface area contributed by atoms with Crippen molar-refractivity contribution in [1.29, 1.82) is 0 Å². The van der Waals surface area contributed by atoms with E-state index in [9.17, 15) is 43.2 Å². The molecule has 0 aliphatic heterocycles. The number of ether oxygens (including phenoxy) is 4. The van der Waals surface area contributed by atoms with Crippen LogP contribution in [0.2, 0.25) is 0 Å². The van der Waals surface area contributed by atoms with E-state index in [2.05, 4.69) is 48.5 Å². The molecule has 0 spiro atoms. The van der Waals surface area contributed by atoms with E-state index in [-0.39, 0.29) is 25.7 Å². The molecule has 0 amide bonds. The van der Waals surface area contributed by atoms with Gasteiger partial charge >= 0.3 is 39.5 Å². The molecule has 7 atom stereocenters. The van der Waals surface area contributed by atoms with Crippen molar-refractivity contribution in [2.45, 2.75) is 439 Å². The van der Waals surface area contributed by atoms with Crippen LogP contribution in [0, 0.1) is 17.8 Å². The molecule has 0 aliphatic rings. The average Bonchev–Trinajstić information content (AvgIpc) is 0.918. The smallest absolute Gasteiger partial charge is 0.462 e. The molecule has 4 unspecified atom stereocenters. The van der Waals surface area contributed by atoms with Crippen LogP contribution in [-0.2, 0) is 65.4 Å². The van der Waals surface area contributed by atoms with Gasteiger partial charge in [0, 0.05) is 25.7 Å². The molecule has 0 aromatic heterocycles. The molecule has 0 aromatic rings. The van der Waals surface area contributed by atoms with Crippen molar-refractivity contribution in [1.82, 2.24) is 0 Å². The van der Waals surface area contributed by atoms with E-state index in [4.69, 9.17) is 37.0 Å². The number of hydrogen-bond acceptors (Lipinski definition) is 15. The number of unbranched alkanes of at least 4 members (excludes halogenated alkanes) is 45. The highest BCUT2D eigenvalue weighted by molar-refractivity contribution is 7.47. The van der Waals surface area contributed by atoms with Gasteiger partial charge in [-0.1, -0.05) is 370 Å². The molecule has 0 saturated heterocycles. The fourth-order valence-corrected chi connectivity index (χ4v) is 14.0. The predicted molar refractivity (Wildman–Crippen MR) is 409 cm³/mol. The summed E-state index contributed by atoms with van der Waals surface area (Å²) in [5, 5.41) is 10.6. The number of rotatable bonds is 79. The lowest BCUT2D eigenvalue weighted by Gasteiger charge is -2.21. The summed E-state index contributed by atoms with van der Waals surface area (Å²) < 4.78 is 68.7. The Morgan fingerprint density at radius 2 is 0.510 bits per heavy atom. The van der Waals surface area contributed by atoms with Gasteiger partial charge in [0.05, 0.1) is 26.4 Å². The Bertz CT molecular complexity index is 1940. The minimum atomic E-state index is -4.96. The Hall–Kier alpha value is -1.94. The summed E-state index contributed by atoms with van der Waals surface area (Å²) in [5.74, 6) is 0.255. The molecule has 3 N–H and O–H groups in total. The monoisotopic (exact) mass is 1470 g/mol. The van der Waals surface area contributed by atoms with Crippen LogP contribution in [0.3, 0.4) is 0 Å². The lowest BCUT2D eigenvalue weighted by atomic mass is 9.99. The maximum atomic E-state index is 13.1. The highest BCUT2D eigenvalue weighted by atomic mass is 31.2. The normalized spacial score (nSPS) is 14.5. The second-order valence-electron chi connectivity index (χ2n) is 30.1. The molecule has 0 heterocycles. The van der Waals surface area contributed by atoms with E-state index in [0.717, 1.165) is 108 Å². The summed E-state index contributed by atoms with van der Waals surface area (Å²) in [6.45, 7) is 12.0. The summed E-state index contributed by atoms with van der Waals surface area (Å²) in [4.78, 5) is 73.0. The number of aliphatic hydroxyl groups excluding tert-OH is 1. The number of hydrogen-bond donors (Lipinski definition) is 3. The summed E-state index contributed by atoms with van der Waals surface area (Å²) in [6.07, 6.45) is 59.6. The number of aliphatic hydroxyl groups is 1. The second kappa shape index (κ2) is 71.3. The molecule has 0 radical (unpaired) electrons. The Morgan fingerprint density at radius 3 is 0.760 bits per heavy atom. The van der Waals surface area contributed by atoms with Crippen molar-refractivity contribution in [2.75, 3.05) is 39.6 Å². The number of carbonyl (C=O) groups is 4. The summed E-state index contributed by atoms with van der Waals surface area (Å²) >= 11 is 0. The van der Waals surface area contributed by atoms with Crippen molar-refractivity contribution in [3.63, 3.8) is 0 Å². The first kappa shape index (κ1) is 98.1. The van der Waals surface area contributed by atoms with Crippen LogP contribution in [-0.4, -0.2) is 96.7 Å². The van der Waals surface area contributed by atoms with Gasteiger partial charge in [-0.15, -0.1) is 0 Å². The Labute approximate surface area is 613 Å². The Kier molecular flexibility index (Phi) is 69.9. The van der Waals surface area contributed by atoms with E-state index in [1.54, 1.807) is 0 Å². The maximum absolute atomic E-state index is 13.1. The quantitative estimate of drug-likeness (QED) is 0.0222. The molecule has 0 bridgehead atoms. The van der Waals surface area contributed by atoms with Crippen LogP contribution >= 0.6 is 15.6 Å². The number of carbonyl (C=O) groups excluding carboxylic acids is 4. The minimum Gasteiger partial charge on any atom is -0.462 e. The summed E-state index contributed by atoms with van der Waals surface area (Å²) in [5.41, 5.74) is 0. The van der Waals surface area contributed by atoms with E-state index >= 15 is 0 Å². The molecule has 594 valence electrons. The molecule has 100 heavy (non-hydrogen) atoms. The molecule has 0 saturated carbocycles. The lowest BCUT2D eigenvalue weighted by molar-refractivity contribution is -0.161. The fourth-order valence-electron chi connectivity index (χ4n) is 12.4. The van der Waals surface area contributed by atoms with Gasteiger partial charge < -0.3 is 33.8 Å². The van der Waals surface area contributed by atoms with Gasteiger partial charge in [0.1, 0.15) is 19.3 Å². The van der Waals surface area contributed by atoms with E-state index < -0.39 is 97.5 Å². The molecule has 0 fully saturated rings. The SMILES string of the molecule is CCCCCCCCCCCCCCCCCC(=O)OC[C@H](COP(=O)(O)OC[C@@H](O)COP(=O)(O)OC[C@@H](COC(=O)CCCCCCCCCCC(C)CC)OC(=O)CCCCCCCCCCC(C)CC)OC(=O)CCCCCCCCCCCCCCCCCCCCC(C)C. The number of esters is 4. The van der Waals surface area contributed by atoms with Crippen LogP contribution in [0.25, 0.3) is 0 Å². The molecule has 0 rings (SSSR count). The van der Waals surface area contributed by atoms with Gasteiger partial charge in [-0.05, 0) is 43.4 Å². The molecular formula is C81H158O17P2. The summed E-state index contributed by atoms with van der Waals surface area (Å²) in [6, 6.07) is 0. The van der Waals surface area contributed by atoms with E-state index in [0.29, 0.717) is 25.7 Å². The lowest BCUT2D eigenvalue weighted by Crippen LogP contribution is -2.30. The predicted octanol–water partition coefficient (Wildman–Crippen LogP) is 24.1. The third kappa shape index (κ3) is 71.7. The molecular weight excluding hydrogens is 1310 g/mol. The first-order valence-electron chi connectivity index (χ1n) is 41.9. The van der Waals surface area contributed by atoms with Crippen LogP contribution in [0.5, 0.6) is 0 Å². The van der Waals surface area contributed by atoms with E-state index in [1.807, 2.05) is 0 Å². The van der Waals surface area contributed by atoms with Crippen molar-refractivity contribution in [2.24, 2.45) is 17.8 Å². The minimum absolute atomic E-state index is 0.105. The first-order valence-corrected chi connectivity index (χ1v) is 44.9. The van der Waals surface area contributed by atoms with Gasteiger partial charge in [-0.2, -0.15) is 0 Å². The highest BCUT2D eigenvalue weighted by Gasteiger charge is 2.30. The Morgan fingerprint density at radius 1 is 0.290 bits per heavy atom. The van der Waals surface area contributed by atoms with Crippen LogP contribution in [0.15, 0.2) is 0 Å². The molecule has 17 nitrogen and oxygen atoms in total. The summed E-state index contributed by atoms with van der Waals surface area (Å²) in [7, 11) is -9.92. The van der Waals surface area contributed by atoms with Crippen LogP contribution in [0.1, 0.15) is 421 Å². The maximum Gasteiger partial charge on any atom is 0.472 e. The van der Waals surface area contributed by atoms with Crippen molar-refractivity contribution < 1.29 is 80.2 Å². The largest absolute Gasteiger partial charge is 0.472 e. The average molecular weight is 1470 g/mol. The zero-order chi connectivity index (χ0) is 73.7. The standard InChI is InChI=1S/C81H158O17P2/c1-8-11-12-13-14-15-16-17-22-26-29-32-41-48-55-62-78(83)91-68-76(97-80(85)64-57-50-43-33-30-27-24-21-19-18-20-23-25-28-31-38-45-52-59-72(4)5)70-95-99(87,88)93-66-75(82)67-94-100(89,90)96-71-77(98-81(86)65-58-51-44-37-35-40-47-54-61-74(7)10-3)69-92-79(84)63-56-49-42-36-34-39-46-53-60-73(6)9-2/h72-77,82H,8-71H2,1-7H3,(H,87,88)(H,89,90)/t73?,74?,75-,76-,77-/m1/s1. The second-order valence-corrected chi connectivity index (χ2v) is 33.0. The zero-order valence-corrected chi connectivity index (χ0v) is 67.5. The number of phosphoric acid groups is 2. The van der Waals surface area contributed by atoms with Gasteiger partial charge in [-0.3, -0.25) is 37.3 Å². The molecule has 19 heteroatoms. The number of phosphoric ester groups is 2. The topological polar surface area (TPSA) is 237 Å². The third-order valence-corrected chi connectivity index (χ3v) is 21.5. The fraction of sp³-hybridized carbons (Fsp3) is 0.951. The third-order valence-electron chi connectivity index (χ3n) is 19.6.